The normalized spacial score (nSPS) is 12.4. The molecule has 0 spiro atoms. The molecule has 0 bridgehead atoms. The van der Waals surface area contributed by atoms with Crippen LogP contribution in [0, 0.1) is 6.92 Å². The van der Waals surface area contributed by atoms with Gasteiger partial charge in [-0.1, -0.05) is 60.2 Å². The Labute approximate surface area is 103 Å². The van der Waals surface area contributed by atoms with Gasteiger partial charge >= 0.3 is 0 Å². The summed E-state index contributed by atoms with van der Waals surface area (Å²) in [5.41, 5.74) is 10.1. The molecule has 2 N–H and O–H groups in total. The van der Waals surface area contributed by atoms with Crippen LogP contribution in [0.5, 0.6) is 0 Å². The van der Waals surface area contributed by atoms with Crippen LogP contribution in [-0.2, 0) is 6.42 Å². The van der Waals surface area contributed by atoms with Crippen molar-refractivity contribution in [2.45, 2.75) is 25.8 Å². The lowest BCUT2D eigenvalue weighted by molar-refractivity contribution is 0.651. The molecule has 0 aliphatic rings. The molecule has 0 aliphatic heterocycles. The average Bonchev–Trinajstić information content (AvgIpc) is 2.38. The maximum absolute atomic E-state index is 6.19. The van der Waals surface area contributed by atoms with Crippen molar-refractivity contribution in [1.29, 1.82) is 0 Å². The molecule has 0 aromatic heterocycles. The molecule has 2 aromatic carbocycles. The number of benzene rings is 2. The Hall–Kier alpha value is -1.60. The molecular weight excluding hydrogens is 206 g/mol. The van der Waals surface area contributed by atoms with Crippen molar-refractivity contribution in [2.24, 2.45) is 5.73 Å². The first-order valence-electron chi connectivity index (χ1n) is 6.12. The third-order valence-electron chi connectivity index (χ3n) is 3.09. The lowest BCUT2D eigenvalue weighted by atomic mass is 9.99. The summed E-state index contributed by atoms with van der Waals surface area (Å²) in [5.74, 6) is 0. The van der Waals surface area contributed by atoms with E-state index in [4.69, 9.17) is 5.73 Å². The van der Waals surface area contributed by atoms with Crippen LogP contribution in [0.25, 0.3) is 0 Å². The summed E-state index contributed by atoms with van der Waals surface area (Å²) in [5, 5.41) is 0. The van der Waals surface area contributed by atoms with E-state index in [1.807, 2.05) is 6.07 Å². The summed E-state index contributed by atoms with van der Waals surface area (Å²) in [6.07, 6.45) is 2.03. The third kappa shape index (κ3) is 3.43. The lowest BCUT2D eigenvalue weighted by Gasteiger charge is -2.12. The van der Waals surface area contributed by atoms with E-state index in [-0.39, 0.29) is 6.04 Å². The summed E-state index contributed by atoms with van der Waals surface area (Å²) < 4.78 is 0. The van der Waals surface area contributed by atoms with Gasteiger partial charge < -0.3 is 5.73 Å². The Morgan fingerprint density at radius 3 is 2.24 bits per heavy atom. The zero-order valence-electron chi connectivity index (χ0n) is 10.3. The van der Waals surface area contributed by atoms with E-state index in [2.05, 4.69) is 55.5 Å². The van der Waals surface area contributed by atoms with E-state index in [1.165, 1.54) is 16.7 Å². The van der Waals surface area contributed by atoms with Crippen molar-refractivity contribution in [3.05, 3.63) is 71.3 Å². The lowest BCUT2D eigenvalue weighted by Crippen LogP contribution is -2.11. The largest absolute Gasteiger partial charge is 0.324 e. The minimum atomic E-state index is 0.135. The van der Waals surface area contributed by atoms with Crippen LogP contribution >= 0.6 is 0 Å². The Bertz CT molecular complexity index is 445. The van der Waals surface area contributed by atoms with Gasteiger partial charge in [-0.05, 0) is 30.9 Å². The molecule has 0 saturated heterocycles. The molecule has 1 nitrogen and oxygen atoms in total. The Morgan fingerprint density at radius 2 is 1.59 bits per heavy atom. The third-order valence-corrected chi connectivity index (χ3v) is 3.09. The Kier molecular flexibility index (Phi) is 3.94. The monoisotopic (exact) mass is 225 g/mol. The fourth-order valence-electron chi connectivity index (χ4n) is 1.95. The maximum Gasteiger partial charge on any atom is 0.0298 e. The predicted octanol–water partition coefficient (Wildman–Crippen LogP) is 3.63. The van der Waals surface area contributed by atoms with Gasteiger partial charge in [0, 0.05) is 6.04 Å². The zero-order valence-corrected chi connectivity index (χ0v) is 10.3. The van der Waals surface area contributed by atoms with Gasteiger partial charge in [-0.2, -0.15) is 0 Å². The van der Waals surface area contributed by atoms with Gasteiger partial charge in [-0.25, -0.2) is 0 Å². The maximum atomic E-state index is 6.19. The summed E-state index contributed by atoms with van der Waals surface area (Å²) in [7, 11) is 0. The van der Waals surface area contributed by atoms with E-state index in [9.17, 15) is 0 Å². The second kappa shape index (κ2) is 5.65. The first-order chi connectivity index (χ1) is 8.25. The Balaban J connectivity index is 1.93. The van der Waals surface area contributed by atoms with Crippen LogP contribution in [0.1, 0.15) is 29.2 Å². The number of aryl methyl sites for hydroxylation is 2. The molecule has 2 rings (SSSR count). The molecule has 2 aromatic rings. The first kappa shape index (κ1) is 11.9. The fraction of sp³-hybridized carbons (Fsp3) is 0.250. The van der Waals surface area contributed by atoms with Crippen LogP contribution in [0.2, 0.25) is 0 Å². The highest BCUT2D eigenvalue weighted by molar-refractivity contribution is 5.24. The molecule has 0 amide bonds. The quantitative estimate of drug-likeness (QED) is 0.845. The van der Waals surface area contributed by atoms with E-state index < -0.39 is 0 Å². The zero-order chi connectivity index (χ0) is 12.1. The SMILES string of the molecule is Cc1ccc(C(N)CCc2ccccc2)cc1. The van der Waals surface area contributed by atoms with Crippen LogP contribution in [-0.4, -0.2) is 0 Å². The summed E-state index contributed by atoms with van der Waals surface area (Å²) in [6.45, 7) is 2.10. The number of hydrogen-bond donors (Lipinski definition) is 1. The highest BCUT2D eigenvalue weighted by Crippen LogP contribution is 2.17. The van der Waals surface area contributed by atoms with Gasteiger partial charge in [0.25, 0.3) is 0 Å². The van der Waals surface area contributed by atoms with Crippen molar-refractivity contribution < 1.29 is 0 Å². The van der Waals surface area contributed by atoms with Gasteiger partial charge in [0.05, 0.1) is 0 Å². The van der Waals surface area contributed by atoms with Crippen LogP contribution in [0.4, 0.5) is 0 Å². The number of hydrogen-bond acceptors (Lipinski definition) is 1. The van der Waals surface area contributed by atoms with Crippen molar-refractivity contribution in [1.82, 2.24) is 0 Å². The predicted molar refractivity (Wildman–Crippen MR) is 72.9 cm³/mol. The second-order valence-electron chi connectivity index (χ2n) is 4.54. The topological polar surface area (TPSA) is 26.0 Å². The molecule has 0 fully saturated rings. The van der Waals surface area contributed by atoms with Gasteiger partial charge in [0.1, 0.15) is 0 Å². The summed E-state index contributed by atoms with van der Waals surface area (Å²) in [4.78, 5) is 0. The molecule has 1 heteroatoms. The van der Waals surface area contributed by atoms with Gasteiger partial charge in [0.2, 0.25) is 0 Å². The number of rotatable bonds is 4. The smallest absolute Gasteiger partial charge is 0.0298 e. The highest BCUT2D eigenvalue weighted by atomic mass is 14.6. The molecule has 0 saturated carbocycles. The molecule has 0 radical (unpaired) electrons. The van der Waals surface area contributed by atoms with Crippen LogP contribution in [0.15, 0.2) is 54.6 Å². The van der Waals surface area contributed by atoms with E-state index in [1.54, 1.807) is 0 Å². The minimum Gasteiger partial charge on any atom is -0.324 e. The van der Waals surface area contributed by atoms with Gasteiger partial charge in [0.15, 0.2) is 0 Å². The molecule has 0 aliphatic carbocycles. The number of nitrogens with two attached hydrogens (primary N) is 1. The van der Waals surface area contributed by atoms with Crippen molar-refractivity contribution in [2.75, 3.05) is 0 Å². The summed E-state index contributed by atoms with van der Waals surface area (Å²) in [6, 6.07) is 19.1. The molecule has 1 atom stereocenters. The molecule has 88 valence electrons. The molecular formula is C16H19N. The van der Waals surface area contributed by atoms with Gasteiger partial charge in [-0.15, -0.1) is 0 Å². The van der Waals surface area contributed by atoms with Crippen LogP contribution in [0.3, 0.4) is 0 Å². The summed E-state index contributed by atoms with van der Waals surface area (Å²) >= 11 is 0. The van der Waals surface area contributed by atoms with Gasteiger partial charge in [-0.3, -0.25) is 0 Å². The first-order valence-corrected chi connectivity index (χ1v) is 6.12. The minimum absolute atomic E-state index is 0.135. The molecule has 1 unspecified atom stereocenters. The van der Waals surface area contributed by atoms with Crippen molar-refractivity contribution >= 4 is 0 Å². The van der Waals surface area contributed by atoms with Crippen molar-refractivity contribution in [3.8, 4) is 0 Å². The Morgan fingerprint density at radius 1 is 0.941 bits per heavy atom. The molecule has 17 heavy (non-hydrogen) atoms. The van der Waals surface area contributed by atoms with Crippen molar-refractivity contribution in [3.63, 3.8) is 0 Å². The molecule has 0 heterocycles. The van der Waals surface area contributed by atoms with E-state index in [0.29, 0.717) is 0 Å². The second-order valence-corrected chi connectivity index (χ2v) is 4.54. The standard InChI is InChI=1S/C16H19N/c1-13-7-10-15(11-8-13)16(17)12-9-14-5-3-2-4-6-14/h2-8,10-11,16H,9,12,17H2,1H3. The highest BCUT2D eigenvalue weighted by Gasteiger charge is 2.05. The average molecular weight is 225 g/mol. The van der Waals surface area contributed by atoms with Crippen LogP contribution < -0.4 is 5.73 Å². The van der Waals surface area contributed by atoms with E-state index >= 15 is 0 Å². The fourth-order valence-corrected chi connectivity index (χ4v) is 1.95. The van der Waals surface area contributed by atoms with E-state index in [0.717, 1.165) is 12.8 Å².